The topological polar surface area (TPSA) is 68.6 Å². The molecule has 1 aliphatic rings. The van der Waals surface area contributed by atoms with Gasteiger partial charge in [0.2, 0.25) is 0 Å². The van der Waals surface area contributed by atoms with E-state index in [2.05, 4.69) is 16.3 Å². The second-order valence-electron chi connectivity index (χ2n) is 7.01. The van der Waals surface area contributed by atoms with Gasteiger partial charge in [-0.15, -0.1) is 0 Å². The summed E-state index contributed by atoms with van der Waals surface area (Å²) in [4.78, 5) is 16.6. The van der Waals surface area contributed by atoms with Crippen LogP contribution in [0.5, 0.6) is 11.5 Å². The molecule has 0 radical (unpaired) electrons. The maximum absolute atomic E-state index is 12.5. The van der Waals surface area contributed by atoms with Gasteiger partial charge < -0.3 is 19.9 Å². The van der Waals surface area contributed by atoms with Crippen LogP contribution in [0.25, 0.3) is 0 Å². The van der Waals surface area contributed by atoms with E-state index in [1.807, 2.05) is 54.6 Å². The fourth-order valence-electron chi connectivity index (χ4n) is 3.39. The zero-order valence-electron chi connectivity index (χ0n) is 16.5. The maximum Gasteiger partial charge on any atom is 0.321 e. The molecule has 3 aromatic carbocycles. The standard InChI is InChI=1S/C24H22N4O2/c25-18-19-5-4-6-20(17-19)26-24(29)28-15-13-27(14-16-28)21-9-11-23(12-10-21)30-22-7-2-1-3-8-22/h1-12,17H,13-16H2,(H,26,29). The first-order valence-electron chi connectivity index (χ1n) is 9.85. The molecular formula is C24H22N4O2. The molecule has 0 unspecified atom stereocenters. The minimum atomic E-state index is -0.142. The lowest BCUT2D eigenvalue weighted by molar-refractivity contribution is 0.208. The Bertz CT molecular complexity index is 1040. The normalized spacial score (nSPS) is 13.4. The van der Waals surface area contributed by atoms with Crippen molar-refractivity contribution >= 4 is 17.4 Å². The van der Waals surface area contributed by atoms with Crippen LogP contribution in [0.4, 0.5) is 16.2 Å². The van der Waals surface area contributed by atoms with Crippen LogP contribution in [0.2, 0.25) is 0 Å². The Hall–Kier alpha value is -3.98. The minimum Gasteiger partial charge on any atom is -0.457 e. The third-order valence-corrected chi connectivity index (χ3v) is 4.99. The Balaban J connectivity index is 1.30. The second-order valence-corrected chi connectivity index (χ2v) is 7.01. The van der Waals surface area contributed by atoms with Gasteiger partial charge in [-0.25, -0.2) is 4.79 Å². The van der Waals surface area contributed by atoms with E-state index < -0.39 is 0 Å². The summed E-state index contributed by atoms with van der Waals surface area (Å²) in [6, 6.07) is 26.6. The van der Waals surface area contributed by atoms with Crippen LogP contribution >= 0.6 is 0 Å². The molecule has 6 nitrogen and oxygen atoms in total. The van der Waals surface area contributed by atoms with Crippen LogP contribution in [0, 0.1) is 11.3 Å². The number of para-hydroxylation sites is 1. The molecule has 1 N–H and O–H groups in total. The summed E-state index contributed by atoms with van der Waals surface area (Å²) in [5.41, 5.74) is 2.27. The SMILES string of the molecule is N#Cc1cccc(NC(=O)N2CCN(c3ccc(Oc4ccccc4)cc3)CC2)c1. The third kappa shape index (κ3) is 4.70. The van der Waals surface area contributed by atoms with E-state index in [0.29, 0.717) is 24.3 Å². The summed E-state index contributed by atoms with van der Waals surface area (Å²) in [5, 5.41) is 11.9. The smallest absolute Gasteiger partial charge is 0.321 e. The number of nitriles is 1. The number of hydrogen-bond acceptors (Lipinski definition) is 4. The molecule has 3 aromatic rings. The highest BCUT2D eigenvalue weighted by Crippen LogP contribution is 2.25. The molecule has 1 heterocycles. The first kappa shape index (κ1) is 19.3. The molecule has 1 saturated heterocycles. The summed E-state index contributed by atoms with van der Waals surface area (Å²) < 4.78 is 5.84. The van der Waals surface area contributed by atoms with Crippen molar-refractivity contribution in [2.45, 2.75) is 0 Å². The Morgan fingerprint density at radius 2 is 1.57 bits per heavy atom. The first-order valence-corrected chi connectivity index (χ1v) is 9.85. The molecule has 2 amide bonds. The van der Waals surface area contributed by atoms with Gasteiger partial charge in [0.05, 0.1) is 11.6 Å². The monoisotopic (exact) mass is 398 g/mol. The van der Waals surface area contributed by atoms with E-state index in [0.717, 1.165) is 30.3 Å². The molecule has 0 aromatic heterocycles. The number of benzene rings is 3. The van der Waals surface area contributed by atoms with E-state index in [-0.39, 0.29) is 6.03 Å². The van der Waals surface area contributed by atoms with E-state index in [9.17, 15) is 4.79 Å². The van der Waals surface area contributed by atoms with Crippen LogP contribution in [0.15, 0.2) is 78.9 Å². The van der Waals surface area contributed by atoms with Gasteiger partial charge in [0.1, 0.15) is 11.5 Å². The van der Waals surface area contributed by atoms with E-state index in [1.54, 1.807) is 29.2 Å². The molecular weight excluding hydrogens is 376 g/mol. The Morgan fingerprint density at radius 3 is 2.27 bits per heavy atom. The quantitative estimate of drug-likeness (QED) is 0.691. The molecule has 0 saturated carbocycles. The Morgan fingerprint density at radius 1 is 0.867 bits per heavy atom. The number of ether oxygens (including phenoxy) is 1. The van der Waals surface area contributed by atoms with Crippen molar-refractivity contribution in [2.24, 2.45) is 0 Å². The molecule has 0 aliphatic carbocycles. The number of rotatable bonds is 4. The summed E-state index contributed by atoms with van der Waals surface area (Å²) in [5.74, 6) is 1.60. The fourth-order valence-corrected chi connectivity index (χ4v) is 3.39. The van der Waals surface area contributed by atoms with Crippen LogP contribution in [-0.4, -0.2) is 37.1 Å². The van der Waals surface area contributed by atoms with Gasteiger partial charge in [0.25, 0.3) is 0 Å². The van der Waals surface area contributed by atoms with E-state index in [4.69, 9.17) is 10.00 Å². The molecule has 30 heavy (non-hydrogen) atoms. The molecule has 0 spiro atoms. The summed E-state index contributed by atoms with van der Waals surface area (Å²) in [7, 11) is 0. The Labute approximate surface area is 175 Å². The van der Waals surface area contributed by atoms with Crippen LogP contribution in [0.3, 0.4) is 0 Å². The van der Waals surface area contributed by atoms with Gasteiger partial charge in [0, 0.05) is 37.6 Å². The molecule has 150 valence electrons. The van der Waals surface area contributed by atoms with Crippen LogP contribution in [-0.2, 0) is 0 Å². The zero-order chi connectivity index (χ0) is 20.8. The van der Waals surface area contributed by atoms with Gasteiger partial charge in [-0.2, -0.15) is 5.26 Å². The predicted molar refractivity (Wildman–Crippen MR) is 117 cm³/mol. The lowest BCUT2D eigenvalue weighted by Gasteiger charge is -2.36. The summed E-state index contributed by atoms with van der Waals surface area (Å²) >= 11 is 0. The number of amides is 2. The van der Waals surface area contributed by atoms with Crippen LogP contribution < -0.4 is 15.0 Å². The second kappa shape index (κ2) is 9.01. The first-order chi connectivity index (χ1) is 14.7. The summed E-state index contributed by atoms with van der Waals surface area (Å²) in [6.45, 7) is 2.77. The maximum atomic E-state index is 12.5. The average molecular weight is 398 g/mol. The number of carbonyl (C=O) groups excluding carboxylic acids is 1. The van der Waals surface area contributed by atoms with Gasteiger partial charge in [0.15, 0.2) is 0 Å². The van der Waals surface area contributed by atoms with E-state index in [1.165, 1.54) is 0 Å². The number of carbonyl (C=O) groups is 1. The van der Waals surface area contributed by atoms with Crippen molar-refractivity contribution in [3.8, 4) is 17.6 Å². The predicted octanol–water partition coefficient (Wildman–Crippen LogP) is 4.70. The largest absolute Gasteiger partial charge is 0.457 e. The number of nitrogens with one attached hydrogen (secondary N) is 1. The van der Waals surface area contributed by atoms with E-state index >= 15 is 0 Å². The highest BCUT2D eigenvalue weighted by molar-refractivity contribution is 5.89. The number of urea groups is 1. The van der Waals surface area contributed by atoms with Crippen molar-refractivity contribution in [3.05, 3.63) is 84.4 Å². The fraction of sp³-hybridized carbons (Fsp3) is 0.167. The highest BCUT2D eigenvalue weighted by atomic mass is 16.5. The van der Waals surface area contributed by atoms with Gasteiger partial charge >= 0.3 is 6.03 Å². The summed E-state index contributed by atoms with van der Waals surface area (Å²) in [6.07, 6.45) is 0. The molecule has 4 rings (SSSR count). The lowest BCUT2D eigenvalue weighted by Crippen LogP contribution is -2.50. The van der Waals surface area contributed by atoms with Gasteiger partial charge in [-0.05, 0) is 54.6 Å². The van der Waals surface area contributed by atoms with Gasteiger partial charge in [-0.3, -0.25) is 0 Å². The molecule has 1 fully saturated rings. The molecule has 0 atom stereocenters. The van der Waals surface area contributed by atoms with Crippen LogP contribution in [0.1, 0.15) is 5.56 Å². The van der Waals surface area contributed by atoms with Crippen molar-refractivity contribution < 1.29 is 9.53 Å². The van der Waals surface area contributed by atoms with Crippen molar-refractivity contribution in [1.29, 1.82) is 5.26 Å². The van der Waals surface area contributed by atoms with Crippen molar-refractivity contribution in [2.75, 3.05) is 36.4 Å². The lowest BCUT2D eigenvalue weighted by atomic mass is 10.2. The third-order valence-electron chi connectivity index (χ3n) is 4.99. The van der Waals surface area contributed by atoms with Gasteiger partial charge in [-0.1, -0.05) is 24.3 Å². The molecule has 6 heteroatoms. The van der Waals surface area contributed by atoms with Crippen molar-refractivity contribution in [3.63, 3.8) is 0 Å². The number of nitrogens with zero attached hydrogens (tertiary/aromatic N) is 3. The number of piperazine rings is 1. The zero-order valence-corrected chi connectivity index (χ0v) is 16.5. The highest BCUT2D eigenvalue weighted by Gasteiger charge is 2.21. The average Bonchev–Trinajstić information content (AvgIpc) is 2.80. The molecule has 0 bridgehead atoms. The Kier molecular flexibility index (Phi) is 5.81. The number of hydrogen-bond donors (Lipinski definition) is 1. The van der Waals surface area contributed by atoms with Crippen molar-refractivity contribution in [1.82, 2.24) is 4.90 Å². The molecule has 1 aliphatic heterocycles. The minimum absolute atomic E-state index is 0.142. The number of anilines is 2.